The summed E-state index contributed by atoms with van der Waals surface area (Å²) in [5.74, 6) is 0. The van der Waals surface area contributed by atoms with Crippen LogP contribution in [-0.4, -0.2) is 34.7 Å². The van der Waals surface area contributed by atoms with E-state index in [4.69, 9.17) is 0 Å². The first-order valence-electron chi connectivity index (χ1n) is 5.14. The molecule has 92 valence electrons. The minimum Gasteiger partial charge on any atom is -0.335 e. The average Bonchev–Trinajstić information content (AvgIpc) is 2.97. The second-order valence-electron chi connectivity index (χ2n) is 3.44. The monoisotopic (exact) mass is 255 g/mol. The third-order valence-electron chi connectivity index (χ3n) is 2.18. The Kier molecular flexibility index (Phi) is 3.55. The first-order valence-corrected chi connectivity index (χ1v) is 6.62. The first kappa shape index (κ1) is 11.8. The lowest BCUT2D eigenvalue weighted by Crippen LogP contribution is -2.25. The number of aromatic nitrogens is 4. The highest BCUT2D eigenvalue weighted by Gasteiger charge is 2.13. The van der Waals surface area contributed by atoms with Crippen LogP contribution in [-0.2, 0) is 16.6 Å². The number of aryl methyl sites for hydroxylation is 1. The van der Waals surface area contributed by atoms with E-state index < -0.39 is 10.0 Å². The fourth-order valence-electron chi connectivity index (χ4n) is 1.35. The Morgan fingerprint density at radius 1 is 1.47 bits per heavy atom. The standard InChI is InChI=1S/C9H13N5O2S/c15-17(16,9-7-10-8-11-9)13-4-2-6-14-5-1-3-12-14/h1,3,5,7-8,13H,2,4,6H2,(H,10,11). The fourth-order valence-corrected chi connectivity index (χ4v) is 2.32. The summed E-state index contributed by atoms with van der Waals surface area (Å²) in [5, 5.41) is 4.10. The van der Waals surface area contributed by atoms with Crippen molar-refractivity contribution in [1.29, 1.82) is 0 Å². The summed E-state index contributed by atoms with van der Waals surface area (Å²) < 4.78 is 27.5. The lowest BCUT2D eigenvalue weighted by Gasteiger charge is -2.04. The van der Waals surface area contributed by atoms with Gasteiger partial charge in [0, 0.05) is 25.5 Å². The Morgan fingerprint density at radius 2 is 2.35 bits per heavy atom. The van der Waals surface area contributed by atoms with Crippen LogP contribution >= 0.6 is 0 Å². The van der Waals surface area contributed by atoms with E-state index in [-0.39, 0.29) is 5.03 Å². The molecule has 0 saturated carbocycles. The zero-order valence-electron chi connectivity index (χ0n) is 9.07. The molecule has 0 radical (unpaired) electrons. The highest BCUT2D eigenvalue weighted by Crippen LogP contribution is 2.01. The molecule has 0 aliphatic heterocycles. The van der Waals surface area contributed by atoms with Crippen molar-refractivity contribution in [2.45, 2.75) is 18.0 Å². The number of nitrogens with zero attached hydrogens (tertiary/aromatic N) is 3. The molecule has 2 aromatic rings. The largest absolute Gasteiger partial charge is 0.335 e. The minimum atomic E-state index is -3.46. The van der Waals surface area contributed by atoms with Crippen LogP contribution in [0.15, 0.2) is 36.0 Å². The molecule has 2 heterocycles. The van der Waals surface area contributed by atoms with E-state index in [1.54, 1.807) is 10.9 Å². The van der Waals surface area contributed by atoms with Gasteiger partial charge in [0.25, 0.3) is 10.0 Å². The molecular weight excluding hydrogens is 242 g/mol. The summed E-state index contributed by atoms with van der Waals surface area (Å²) in [4.78, 5) is 6.22. The second kappa shape index (κ2) is 5.11. The van der Waals surface area contributed by atoms with Gasteiger partial charge >= 0.3 is 0 Å². The highest BCUT2D eigenvalue weighted by molar-refractivity contribution is 7.89. The van der Waals surface area contributed by atoms with Crippen LogP contribution in [0.25, 0.3) is 0 Å². The lowest BCUT2D eigenvalue weighted by molar-refractivity contribution is 0.551. The van der Waals surface area contributed by atoms with Gasteiger partial charge in [-0.25, -0.2) is 18.1 Å². The van der Waals surface area contributed by atoms with Crippen LogP contribution in [0, 0.1) is 0 Å². The van der Waals surface area contributed by atoms with Gasteiger partial charge in [-0.15, -0.1) is 0 Å². The van der Waals surface area contributed by atoms with Gasteiger partial charge in [0.1, 0.15) is 0 Å². The Bertz CT molecular complexity index is 532. The Morgan fingerprint density at radius 3 is 3.00 bits per heavy atom. The number of sulfonamides is 1. The molecule has 0 saturated heterocycles. The topological polar surface area (TPSA) is 92.7 Å². The minimum absolute atomic E-state index is 0.0802. The van der Waals surface area contributed by atoms with E-state index in [9.17, 15) is 8.42 Å². The first-order chi connectivity index (χ1) is 8.18. The molecular formula is C9H13N5O2S. The highest BCUT2D eigenvalue weighted by atomic mass is 32.2. The molecule has 0 bridgehead atoms. The van der Waals surface area contributed by atoms with E-state index in [1.165, 1.54) is 12.5 Å². The van der Waals surface area contributed by atoms with Gasteiger partial charge in [-0.3, -0.25) is 4.68 Å². The number of imidazole rings is 1. The Labute approximate surface area is 98.9 Å². The van der Waals surface area contributed by atoms with Crippen molar-refractivity contribution in [3.8, 4) is 0 Å². The summed E-state index contributed by atoms with van der Waals surface area (Å²) in [7, 11) is -3.46. The van der Waals surface area contributed by atoms with Crippen molar-refractivity contribution in [3.05, 3.63) is 31.0 Å². The molecule has 0 fully saturated rings. The van der Waals surface area contributed by atoms with Crippen molar-refractivity contribution in [3.63, 3.8) is 0 Å². The lowest BCUT2D eigenvalue weighted by atomic mass is 10.4. The summed E-state index contributed by atoms with van der Waals surface area (Å²) in [6.07, 6.45) is 6.81. The average molecular weight is 255 g/mol. The quantitative estimate of drug-likeness (QED) is 0.709. The molecule has 0 unspecified atom stereocenters. The molecule has 0 spiro atoms. The van der Waals surface area contributed by atoms with Crippen molar-refractivity contribution in [2.75, 3.05) is 6.54 Å². The van der Waals surface area contributed by atoms with Gasteiger partial charge < -0.3 is 4.98 Å². The normalized spacial score (nSPS) is 11.8. The van der Waals surface area contributed by atoms with E-state index in [1.807, 2.05) is 12.3 Å². The third kappa shape index (κ3) is 3.14. The summed E-state index contributed by atoms with van der Waals surface area (Å²) in [6, 6.07) is 1.83. The number of rotatable bonds is 6. The van der Waals surface area contributed by atoms with Gasteiger partial charge in [-0.2, -0.15) is 5.10 Å². The molecule has 0 atom stereocenters. The van der Waals surface area contributed by atoms with Crippen molar-refractivity contribution in [2.24, 2.45) is 0 Å². The number of H-pyrrole nitrogens is 1. The van der Waals surface area contributed by atoms with Crippen molar-refractivity contribution < 1.29 is 8.42 Å². The Balaban J connectivity index is 1.79. The molecule has 2 aromatic heterocycles. The molecule has 2 N–H and O–H groups in total. The SMILES string of the molecule is O=S(=O)(NCCCn1cccn1)c1cnc[nH]1. The van der Waals surface area contributed by atoms with Crippen LogP contribution in [0.1, 0.15) is 6.42 Å². The predicted octanol–water partition coefficient (Wildman–Crippen LogP) is -0.0252. The van der Waals surface area contributed by atoms with Gasteiger partial charge in [0.2, 0.25) is 0 Å². The summed E-state index contributed by atoms with van der Waals surface area (Å²) >= 11 is 0. The number of nitrogens with one attached hydrogen (secondary N) is 2. The van der Waals surface area contributed by atoms with E-state index in [0.717, 1.165) is 0 Å². The molecule has 0 aromatic carbocycles. The van der Waals surface area contributed by atoms with Crippen LogP contribution in [0.4, 0.5) is 0 Å². The summed E-state index contributed by atoms with van der Waals surface area (Å²) in [6.45, 7) is 1.04. The van der Waals surface area contributed by atoms with E-state index in [2.05, 4.69) is 19.8 Å². The maximum Gasteiger partial charge on any atom is 0.257 e. The van der Waals surface area contributed by atoms with Gasteiger partial charge in [0.05, 0.1) is 12.5 Å². The molecule has 2 rings (SSSR count). The number of hydrogen-bond donors (Lipinski definition) is 2. The van der Waals surface area contributed by atoms with E-state index >= 15 is 0 Å². The van der Waals surface area contributed by atoms with Crippen LogP contribution in [0.3, 0.4) is 0 Å². The van der Waals surface area contributed by atoms with Crippen LogP contribution in [0.5, 0.6) is 0 Å². The molecule has 0 aliphatic rings. The third-order valence-corrected chi connectivity index (χ3v) is 3.56. The Hall–Kier alpha value is -1.67. The number of aromatic amines is 1. The van der Waals surface area contributed by atoms with Gasteiger partial charge in [0.15, 0.2) is 5.03 Å². The maximum absolute atomic E-state index is 11.6. The molecule has 0 aliphatic carbocycles. The van der Waals surface area contributed by atoms with Gasteiger partial charge in [-0.05, 0) is 12.5 Å². The van der Waals surface area contributed by atoms with Gasteiger partial charge in [-0.1, -0.05) is 0 Å². The van der Waals surface area contributed by atoms with E-state index in [0.29, 0.717) is 19.5 Å². The maximum atomic E-state index is 11.6. The predicted molar refractivity (Wildman–Crippen MR) is 60.6 cm³/mol. The number of hydrogen-bond acceptors (Lipinski definition) is 4. The second-order valence-corrected chi connectivity index (χ2v) is 5.17. The molecule has 8 heteroatoms. The smallest absolute Gasteiger partial charge is 0.257 e. The molecule has 7 nitrogen and oxygen atoms in total. The molecule has 0 amide bonds. The zero-order valence-corrected chi connectivity index (χ0v) is 9.89. The van der Waals surface area contributed by atoms with Crippen LogP contribution in [0.2, 0.25) is 0 Å². The van der Waals surface area contributed by atoms with Crippen LogP contribution < -0.4 is 4.72 Å². The van der Waals surface area contributed by atoms with Crippen molar-refractivity contribution >= 4 is 10.0 Å². The fraction of sp³-hybridized carbons (Fsp3) is 0.333. The summed E-state index contributed by atoms with van der Waals surface area (Å²) in [5.41, 5.74) is 0. The van der Waals surface area contributed by atoms with Crippen molar-refractivity contribution in [1.82, 2.24) is 24.5 Å². The molecule has 17 heavy (non-hydrogen) atoms. The zero-order chi connectivity index (χ0) is 12.1.